The lowest BCUT2D eigenvalue weighted by Crippen LogP contribution is -1.94. The van der Waals surface area contributed by atoms with Crippen molar-refractivity contribution in [3.05, 3.63) is 194 Å². The van der Waals surface area contributed by atoms with Gasteiger partial charge in [-0.25, -0.2) is 0 Å². The zero-order valence-corrected chi connectivity index (χ0v) is 27.4. The van der Waals surface area contributed by atoms with Gasteiger partial charge in [0.1, 0.15) is 0 Å². The van der Waals surface area contributed by atoms with E-state index in [2.05, 4.69) is 203 Å². The predicted octanol–water partition coefficient (Wildman–Crippen LogP) is 12.9. The molecule has 0 fully saturated rings. The molecule has 234 valence electrons. The van der Waals surface area contributed by atoms with Crippen LogP contribution in [0.15, 0.2) is 194 Å². The van der Waals surface area contributed by atoms with E-state index in [9.17, 15) is 0 Å². The smallest absolute Gasteiger partial charge is 0.0547 e. The molecule has 0 aliphatic rings. The number of hydrogen-bond donors (Lipinski definition) is 0. The van der Waals surface area contributed by atoms with Crippen molar-refractivity contribution in [2.75, 3.05) is 0 Å². The molecule has 0 amide bonds. The Hall–Kier alpha value is -6.64. The van der Waals surface area contributed by atoms with E-state index in [0.717, 1.165) is 5.69 Å². The summed E-state index contributed by atoms with van der Waals surface area (Å²) in [6.45, 7) is 0. The quantitative estimate of drug-likeness (QED) is 0.178. The number of para-hydroxylation sites is 3. The summed E-state index contributed by atoms with van der Waals surface area (Å²) in [4.78, 5) is 0. The highest BCUT2D eigenvalue weighted by Gasteiger charge is 2.19. The number of aromatic nitrogens is 2. The molecule has 10 rings (SSSR count). The van der Waals surface area contributed by atoms with Crippen LogP contribution in [0.1, 0.15) is 0 Å². The molecule has 0 saturated heterocycles. The third-order valence-electron chi connectivity index (χ3n) is 10.1. The molecule has 2 heterocycles. The van der Waals surface area contributed by atoms with Gasteiger partial charge in [-0.05, 0) is 100 Å². The Labute approximate surface area is 290 Å². The maximum Gasteiger partial charge on any atom is 0.0547 e. The molecular weight excluding hydrogens is 605 g/mol. The SMILES string of the molecule is c1ccc(-c2cc3c4cc(-c5ccc6c(c5)c5ccccc5n6-c5ccccc5)ccc4n(-c4ccccc4)c3cc2-c2ccccc2)cc1. The van der Waals surface area contributed by atoms with Gasteiger partial charge in [0.25, 0.3) is 0 Å². The molecule has 0 aliphatic carbocycles. The van der Waals surface area contributed by atoms with E-state index in [1.807, 2.05) is 0 Å². The highest BCUT2D eigenvalue weighted by Crippen LogP contribution is 2.42. The minimum Gasteiger partial charge on any atom is -0.309 e. The number of rotatable bonds is 5. The first-order chi connectivity index (χ1) is 24.8. The molecular formula is C48H32N2. The van der Waals surface area contributed by atoms with Gasteiger partial charge < -0.3 is 9.13 Å². The first-order valence-electron chi connectivity index (χ1n) is 17.2. The second kappa shape index (κ2) is 11.5. The first kappa shape index (κ1) is 28.4. The molecule has 10 aromatic rings. The molecule has 0 radical (unpaired) electrons. The standard InChI is InChI=1S/C48H32N2/c1-5-15-33(16-6-1)40-31-44-43-30-36(35-25-27-46-42(29-35)39-23-13-14-24-45(39)49(46)37-19-9-3-10-20-37)26-28-47(43)50(38-21-11-4-12-22-38)48(44)32-41(40)34-17-7-2-8-18-34/h1-32H. The fourth-order valence-electron chi connectivity index (χ4n) is 7.82. The van der Waals surface area contributed by atoms with Gasteiger partial charge in [-0.3, -0.25) is 0 Å². The highest BCUT2D eigenvalue weighted by atomic mass is 15.0. The number of nitrogens with zero attached hydrogens (tertiary/aromatic N) is 2. The van der Waals surface area contributed by atoms with Crippen molar-refractivity contribution in [1.29, 1.82) is 0 Å². The maximum absolute atomic E-state index is 2.42. The molecule has 2 nitrogen and oxygen atoms in total. The zero-order chi connectivity index (χ0) is 33.0. The second-order valence-corrected chi connectivity index (χ2v) is 13.0. The summed E-state index contributed by atoms with van der Waals surface area (Å²) in [5, 5.41) is 5.00. The summed E-state index contributed by atoms with van der Waals surface area (Å²) in [6, 6.07) is 70.4. The summed E-state index contributed by atoms with van der Waals surface area (Å²) in [6.07, 6.45) is 0. The summed E-state index contributed by atoms with van der Waals surface area (Å²) < 4.78 is 4.80. The van der Waals surface area contributed by atoms with Crippen molar-refractivity contribution in [3.8, 4) is 44.8 Å². The van der Waals surface area contributed by atoms with Crippen LogP contribution >= 0.6 is 0 Å². The van der Waals surface area contributed by atoms with Crippen molar-refractivity contribution in [2.24, 2.45) is 0 Å². The molecule has 8 aromatic carbocycles. The topological polar surface area (TPSA) is 9.86 Å². The van der Waals surface area contributed by atoms with E-state index >= 15 is 0 Å². The molecule has 0 N–H and O–H groups in total. The monoisotopic (exact) mass is 636 g/mol. The van der Waals surface area contributed by atoms with E-state index in [-0.39, 0.29) is 0 Å². The lowest BCUT2D eigenvalue weighted by molar-refractivity contribution is 1.18. The van der Waals surface area contributed by atoms with Crippen molar-refractivity contribution < 1.29 is 0 Å². The normalized spacial score (nSPS) is 11.6. The van der Waals surface area contributed by atoms with Crippen LogP contribution in [0.5, 0.6) is 0 Å². The third-order valence-corrected chi connectivity index (χ3v) is 10.1. The lowest BCUT2D eigenvalue weighted by atomic mass is 9.92. The number of fused-ring (bicyclic) bond motifs is 6. The van der Waals surface area contributed by atoms with Crippen LogP contribution in [0.3, 0.4) is 0 Å². The van der Waals surface area contributed by atoms with Crippen LogP contribution < -0.4 is 0 Å². The fourth-order valence-corrected chi connectivity index (χ4v) is 7.82. The molecule has 0 spiro atoms. The fraction of sp³-hybridized carbons (Fsp3) is 0. The Morgan fingerprint density at radius 2 is 0.640 bits per heavy atom. The summed E-state index contributed by atoms with van der Waals surface area (Å²) >= 11 is 0. The Kier molecular flexibility index (Phi) is 6.53. The predicted molar refractivity (Wildman–Crippen MR) is 211 cm³/mol. The van der Waals surface area contributed by atoms with Crippen molar-refractivity contribution in [1.82, 2.24) is 9.13 Å². The van der Waals surface area contributed by atoms with E-state index in [1.54, 1.807) is 0 Å². The third kappa shape index (κ3) is 4.50. The summed E-state index contributed by atoms with van der Waals surface area (Å²) in [5.41, 5.74) is 14.4. The zero-order valence-electron chi connectivity index (χ0n) is 27.4. The van der Waals surface area contributed by atoms with Crippen molar-refractivity contribution >= 4 is 43.6 Å². The Morgan fingerprint density at radius 3 is 1.20 bits per heavy atom. The van der Waals surface area contributed by atoms with E-state index in [0.29, 0.717) is 0 Å². The van der Waals surface area contributed by atoms with Crippen LogP contribution in [-0.2, 0) is 0 Å². The largest absolute Gasteiger partial charge is 0.309 e. The maximum atomic E-state index is 2.42. The van der Waals surface area contributed by atoms with Gasteiger partial charge in [0.15, 0.2) is 0 Å². The van der Waals surface area contributed by atoms with E-state index in [1.165, 1.54) is 82.7 Å². The molecule has 2 heteroatoms. The molecule has 50 heavy (non-hydrogen) atoms. The van der Waals surface area contributed by atoms with Crippen molar-refractivity contribution in [3.63, 3.8) is 0 Å². The average molecular weight is 637 g/mol. The lowest BCUT2D eigenvalue weighted by Gasteiger charge is -2.13. The Bertz CT molecular complexity index is 2830. The van der Waals surface area contributed by atoms with Gasteiger partial charge >= 0.3 is 0 Å². The molecule has 0 unspecified atom stereocenters. The van der Waals surface area contributed by atoms with Gasteiger partial charge in [-0.2, -0.15) is 0 Å². The first-order valence-corrected chi connectivity index (χ1v) is 17.2. The second-order valence-electron chi connectivity index (χ2n) is 13.0. The van der Waals surface area contributed by atoms with Crippen LogP contribution in [-0.4, -0.2) is 9.13 Å². The number of benzene rings is 8. The summed E-state index contributed by atoms with van der Waals surface area (Å²) in [7, 11) is 0. The van der Waals surface area contributed by atoms with Gasteiger partial charge in [-0.15, -0.1) is 0 Å². The highest BCUT2D eigenvalue weighted by molar-refractivity contribution is 6.14. The van der Waals surface area contributed by atoms with Crippen LogP contribution in [0.25, 0.3) is 88.4 Å². The molecule has 0 aliphatic heterocycles. The minimum absolute atomic E-state index is 1.15. The molecule has 0 saturated carbocycles. The molecule has 2 aromatic heterocycles. The Balaban J connectivity index is 1.24. The van der Waals surface area contributed by atoms with E-state index < -0.39 is 0 Å². The van der Waals surface area contributed by atoms with Gasteiger partial charge in [-0.1, -0.05) is 127 Å². The van der Waals surface area contributed by atoms with Gasteiger partial charge in [0, 0.05) is 32.9 Å². The summed E-state index contributed by atoms with van der Waals surface area (Å²) in [5.74, 6) is 0. The average Bonchev–Trinajstić information content (AvgIpc) is 3.70. The van der Waals surface area contributed by atoms with Gasteiger partial charge in [0.05, 0.1) is 22.1 Å². The van der Waals surface area contributed by atoms with Crippen molar-refractivity contribution in [2.45, 2.75) is 0 Å². The number of hydrogen-bond acceptors (Lipinski definition) is 0. The van der Waals surface area contributed by atoms with Crippen LogP contribution in [0.2, 0.25) is 0 Å². The Morgan fingerprint density at radius 1 is 0.240 bits per heavy atom. The minimum atomic E-state index is 1.15. The van der Waals surface area contributed by atoms with Crippen LogP contribution in [0, 0.1) is 0 Å². The van der Waals surface area contributed by atoms with Crippen LogP contribution in [0.4, 0.5) is 0 Å². The molecule has 0 bridgehead atoms. The van der Waals surface area contributed by atoms with Gasteiger partial charge in [0.2, 0.25) is 0 Å². The van der Waals surface area contributed by atoms with E-state index in [4.69, 9.17) is 0 Å². The molecule has 0 atom stereocenters.